The zero-order chi connectivity index (χ0) is 17.3. The summed E-state index contributed by atoms with van der Waals surface area (Å²) in [5.41, 5.74) is 2.10. The molecule has 24 heavy (non-hydrogen) atoms. The average Bonchev–Trinajstić information content (AvgIpc) is 3.06. The van der Waals surface area contributed by atoms with Crippen LogP contribution in [0.4, 0.5) is 5.82 Å². The van der Waals surface area contributed by atoms with Crippen LogP contribution in [-0.4, -0.2) is 34.8 Å². The molecular formula is C18H23ClN4O. The van der Waals surface area contributed by atoms with Gasteiger partial charge in [0, 0.05) is 31.2 Å². The third-order valence-electron chi connectivity index (χ3n) is 4.55. The van der Waals surface area contributed by atoms with E-state index >= 15 is 0 Å². The third-order valence-corrected chi connectivity index (χ3v) is 4.78. The summed E-state index contributed by atoms with van der Waals surface area (Å²) in [6.45, 7) is 5.54. The molecule has 1 aromatic heterocycles. The van der Waals surface area contributed by atoms with E-state index < -0.39 is 0 Å². The van der Waals surface area contributed by atoms with Crippen LogP contribution in [0.25, 0.3) is 0 Å². The van der Waals surface area contributed by atoms with Crippen molar-refractivity contribution in [2.24, 2.45) is 7.05 Å². The number of carbonyl (C=O) groups excluding carboxylic acids is 1. The molecule has 1 aliphatic rings. The number of benzene rings is 1. The van der Waals surface area contributed by atoms with Crippen molar-refractivity contribution in [3.05, 3.63) is 46.6 Å². The molecule has 1 amide bonds. The fourth-order valence-electron chi connectivity index (χ4n) is 3.20. The third kappa shape index (κ3) is 3.47. The first kappa shape index (κ1) is 17.0. The maximum absolute atomic E-state index is 12.7. The van der Waals surface area contributed by atoms with Crippen LogP contribution in [0.15, 0.2) is 30.3 Å². The molecule has 1 N–H and O–H groups in total. The molecule has 1 aromatic carbocycles. The van der Waals surface area contributed by atoms with E-state index in [0.29, 0.717) is 5.92 Å². The Morgan fingerprint density at radius 3 is 2.88 bits per heavy atom. The first-order valence-corrected chi connectivity index (χ1v) is 8.64. The van der Waals surface area contributed by atoms with Gasteiger partial charge < -0.3 is 5.32 Å². The van der Waals surface area contributed by atoms with E-state index in [4.69, 9.17) is 11.6 Å². The van der Waals surface area contributed by atoms with Crippen LogP contribution in [0.2, 0.25) is 5.02 Å². The normalized spacial score (nSPS) is 19.1. The van der Waals surface area contributed by atoms with Crippen molar-refractivity contribution in [1.82, 2.24) is 15.1 Å². The van der Waals surface area contributed by atoms with E-state index in [2.05, 4.69) is 23.4 Å². The maximum atomic E-state index is 12.7. The first-order valence-electron chi connectivity index (χ1n) is 8.26. The Balaban J connectivity index is 1.61. The lowest BCUT2D eigenvalue weighted by Gasteiger charge is -2.19. The Hall–Kier alpha value is -1.85. The molecular weight excluding hydrogens is 324 g/mol. The van der Waals surface area contributed by atoms with Crippen molar-refractivity contribution in [2.75, 3.05) is 18.0 Å². The van der Waals surface area contributed by atoms with E-state index in [9.17, 15) is 4.79 Å². The Labute approximate surface area is 147 Å². The van der Waals surface area contributed by atoms with Gasteiger partial charge in [-0.25, -0.2) is 0 Å². The maximum Gasteiger partial charge on any atom is 0.245 e. The van der Waals surface area contributed by atoms with Gasteiger partial charge in [-0.15, -0.1) is 0 Å². The van der Waals surface area contributed by atoms with Crippen molar-refractivity contribution >= 4 is 23.3 Å². The zero-order valence-electron chi connectivity index (χ0n) is 14.3. The second-order valence-corrected chi connectivity index (χ2v) is 6.90. The van der Waals surface area contributed by atoms with Crippen molar-refractivity contribution in [3.63, 3.8) is 0 Å². The van der Waals surface area contributed by atoms with E-state index in [1.807, 2.05) is 43.1 Å². The van der Waals surface area contributed by atoms with Gasteiger partial charge in [0.1, 0.15) is 5.82 Å². The average molecular weight is 347 g/mol. The minimum Gasteiger partial charge on any atom is -0.305 e. The molecule has 5 nitrogen and oxygen atoms in total. The highest BCUT2D eigenvalue weighted by Crippen LogP contribution is 2.23. The summed E-state index contributed by atoms with van der Waals surface area (Å²) >= 11 is 6.05. The van der Waals surface area contributed by atoms with Gasteiger partial charge in [0.2, 0.25) is 5.91 Å². The fourth-order valence-corrected chi connectivity index (χ4v) is 3.40. The Morgan fingerprint density at radius 2 is 2.21 bits per heavy atom. The number of hydrogen-bond acceptors (Lipinski definition) is 3. The number of anilines is 1. The molecule has 0 saturated carbocycles. The lowest BCUT2D eigenvalue weighted by atomic mass is 10.0. The number of carbonyl (C=O) groups is 1. The molecule has 1 aliphatic heterocycles. The molecule has 2 aromatic rings. The van der Waals surface area contributed by atoms with Crippen LogP contribution >= 0.6 is 11.6 Å². The fraction of sp³-hybridized carbons (Fsp3) is 0.444. The van der Waals surface area contributed by atoms with Crippen molar-refractivity contribution < 1.29 is 4.79 Å². The van der Waals surface area contributed by atoms with Gasteiger partial charge in [-0.05, 0) is 37.0 Å². The summed E-state index contributed by atoms with van der Waals surface area (Å²) in [4.78, 5) is 14.5. The van der Waals surface area contributed by atoms with Crippen LogP contribution < -0.4 is 10.2 Å². The highest BCUT2D eigenvalue weighted by molar-refractivity contribution is 6.30. The topological polar surface area (TPSA) is 50.2 Å². The molecule has 2 atom stereocenters. The Morgan fingerprint density at radius 1 is 1.42 bits per heavy atom. The lowest BCUT2D eigenvalue weighted by Crippen LogP contribution is -2.40. The van der Waals surface area contributed by atoms with E-state index in [1.54, 1.807) is 4.68 Å². The summed E-state index contributed by atoms with van der Waals surface area (Å²) in [7, 11) is 1.87. The van der Waals surface area contributed by atoms with Crippen LogP contribution in [0, 0.1) is 6.92 Å². The number of halogens is 1. The largest absolute Gasteiger partial charge is 0.305 e. The number of rotatable bonds is 5. The Bertz CT molecular complexity index is 742. The summed E-state index contributed by atoms with van der Waals surface area (Å²) in [5.74, 6) is 1.28. The molecule has 3 rings (SSSR count). The SMILES string of the molecule is Cc1cc(N2CCC(NCC(C)c3cccc(Cl)c3)C2=O)n(C)n1. The lowest BCUT2D eigenvalue weighted by molar-refractivity contribution is -0.118. The molecule has 128 valence electrons. The van der Waals surface area contributed by atoms with Gasteiger partial charge in [-0.1, -0.05) is 30.7 Å². The summed E-state index contributed by atoms with van der Waals surface area (Å²) in [6.07, 6.45) is 0.811. The van der Waals surface area contributed by atoms with Gasteiger partial charge in [-0.2, -0.15) is 5.10 Å². The standard InChI is InChI=1S/C18H23ClN4O/c1-12(14-5-4-6-15(19)10-14)11-20-16-7-8-23(18(16)24)17-9-13(2)21-22(17)3/h4-6,9-10,12,16,20H,7-8,11H2,1-3H3. The van der Waals surface area contributed by atoms with Gasteiger partial charge in [0.25, 0.3) is 0 Å². The van der Waals surface area contributed by atoms with Crippen LogP contribution in [0.5, 0.6) is 0 Å². The summed E-state index contributed by atoms with van der Waals surface area (Å²) in [6, 6.07) is 9.70. The molecule has 1 saturated heterocycles. The molecule has 2 heterocycles. The number of hydrogen-bond donors (Lipinski definition) is 1. The second kappa shape index (κ2) is 6.95. The Kier molecular flexibility index (Phi) is 4.92. The molecule has 2 unspecified atom stereocenters. The van der Waals surface area contributed by atoms with E-state index in [-0.39, 0.29) is 11.9 Å². The predicted molar refractivity (Wildman–Crippen MR) is 96.6 cm³/mol. The van der Waals surface area contributed by atoms with Crippen molar-refractivity contribution in [1.29, 1.82) is 0 Å². The van der Waals surface area contributed by atoms with Crippen LogP contribution in [-0.2, 0) is 11.8 Å². The number of aromatic nitrogens is 2. The van der Waals surface area contributed by atoms with Crippen LogP contribution in [0.1, 0.15) is 30.5 Å². The van der Waals surface area contributed by atoms with Crippen molar-refractivity contribution in [3.8, 4) is 0 Å². The molecule has 0 bridgehead atoms. The molecule has 1 fully saturated rings. The zero-order valence-corrected chi connectivity index (χ0v) is 15.0. The molecule has 6 heteroatoms. The quantitative estimate of drug-likeness (QED) is 0.905. The second-order valence-electron chi connectivity index (χ2n) is 6.46. The number of nitrogens with zero attached hydrogens (tertiary/aromatic N) is 3. The number of amides is 1. The number of nitrogens with one attached hydrogen (secondary N) is 1. The minimum atomic E-state index is -0.137. The van der Waals surface area contributed by atoms with Gasteiger partial charge in [0.05, 0.1) is 11.7 Å². The van der Waals surface area contributed by atoms with Gasteiger partial charge in [0.15, 0.2) is 0 Å². The highest BCUT2D eigenvalue weighted by atomic mass is 35.5. The molecule has 0 aliphatic carbocycles. The molecule has 0 radical (unpaired) electrons. The smallest absolute Gasteiger partial charge is 0.245 e. The van der Waals surface area contributed by atoms with Crippen molar-refractivity contribution in [2.45, 2.75) is 32.2 Å². The monoisotopic (exact) mass is 346 g/mol. The number of aryl methyl sites for hydroxylation is 2. The van der Waals surface area contributed by atoms with Gasteiger partial charge >= 0.3 is 0 Å². The van der Waals surface area contributed by atoms with E-state index in [1.165, 1.54) is 5.56 Å². The predicted octanol–water partition coefficient (Wildman–Crippen LogP) is 2.88. The summed E-state index contributed by atoms with van der Waals surface area (Å²) in [5, 5.41) is 8.48. The molecule has 0 spiro atoms. The van der Waals surface area contributed by atoms with E-state index in [0.717, 1.165) is 36.0 Å². The first-order chi connectivity index (χ1) is 11.5. The van der Waals surface area contributed by atoms with Gasteiger partial charge in [-0.3, -0.25) is 14.4 Å². The highest BCUT2D eigenvalue weighted by Gasteiger charge is 2.33. The summed E-state index contributed by atoms with van der Waals surface area (Å²) < 4.78 is 1.77. The van der Waals surface area contributed by atoms with Crippen LogP contribution in [0.3, 0.4) is 0 Å². The minimum absolute atomic E-state index is 0.122.